The van der Waals surface area contributed by atoms with Crippen molar-refractivity contribution < 1.29 is 4.79 Å². The van der Waals surface area contributed by atoms with Gasteiger partial charge in [0.15, 0.2) is 0 Å². The third kappa shape index (κ3) is 2.46. The molecule has 1 unspecified atom stereocenters. The monoisotopic (exact) mass is 297 g/mol. The number of benzene rings is 1. The van der Waals surface area contributed by atoms with Gasteiger partial charge in [-0.3, -0.25) is 10.2 Å². The molecular formula is C18H23N3O. The van der Waals surface area contributed by atoms with Gasteiger partial charge in [0.25, 0.3) is 5.91 Å². The van der Waals surface area contributed by atoms with E-state index in [2.05, 4.69) is 46.1 Å². The van der Waals surface area contributed by atoms with Crippen molar-refractivity contribution in [3.63, 3.8) is 0 Å². The number of nitrogens with zero attached hydrogens (tertiary/aromatic N) is 1. The lowest BCUT2D eigenvalue weighted by Crippen LogP contribution is -2.67. The number of hydrogen-bond donors (Lipinski definition) is 2. The molecule has 1 fully saturated rings. The van der Waals surface area contributed by atoms with Gasteiger partial charge < -0.3 is 5.32 Å². The number of amides is 1. The van der Waals surface area contributed by atoms with E-state index in [-0.39, 0.29) is 5.91 Å². The summed E-state index contributed by atoms with van der Waals surface area (Å²) in [6, 6.07) is 11.4. The fourth-order valence-electron chi connectivity index (χ4n) is 3.86. The molecule has 116 valence electrons. The third-order valence-corrected chi connectivity index (χ3v) is 5.18. The molecule has 1 amide bonds. The average molecular weight is 297 g/mol. The van der Waals surface area contributed by atoms with Crippen LogP contribution in [-0.4, -0.2) is 36.1 Å². The second-order valence-corrected chi connectivity index (χ2v) is 6.58. The van der Waals surface area contributed by atoms with Gasteiger partial charge in [0, 0.05) is 18.7 Å². The maximum absolute atomic E-state index is 12.5. The summed E-state index contributed by atoms with van der Waals surface area (Å²) < 4.78 is 0. The van der Waals surface area contributed by atoms with Crippen LogP contribution < -0.4 is 10.7 Å². The summed E-state index contributed by atoms with van der Waals surface area (Å²) in [5.74, 6) is 0.144. The largest absolute Gasteiger partial charge is 0.313 e. The van der Waals surface area contributed by atoms with Crippen LogP contribution >= 0.6 is 0 Å². The van der Waals surface area contributed by atoms with Crippen LogP contribution in [0.3, 0.4) is 0 Å². The summed E-state index contributed by atoms with van der Waals surface area (Å²) in [6.07, 6.45) is 5.38. The van der Waals surface area contributed by atoms with E-state index in [0.717, 1.165) is 44.3 Å². The predicted octanol–water partition coefficient (Wildman–Crippen LogP) is 1.79. The molecule has 0 radical (unpaired) electrons. The zero-order valence-electron chi connectivity index (χ0n) is 12.8. The molecule has 0 aromatic heterocycles. The van der Waals surface area contributed by atoms with E-state index in [4.69, 9.17) is 0 Å². The summed E-state index contributed by atoms with van der Waals surface area (Å²) in [7, 11) is 0. The summed E-state index contributed by atoms with van der Waals surface area (Å²) in [6.45, 7) is 1.93. The molecule has 1 atom stereocenters. The van der Waals surface area contributed by atoms with Crippen molar-refractivity contribution in [1.82, 2.24) is 15.8 Å². The summed E-state index contributed by atoms with van der Waals surface area (Å²) in [5.41, 5.74) is 6.99. The van der Waals surface area contributed by atoms with Crippen molar-refractivity contribution in [2.75, 3.05) is 13.1 Å². The number of rotatable bonds is 3. The van der Waals surface area contributed by atoms with Crippen LogP contribution in [0.2, 0.25) is 0 Å². The van der Waals surface area contributed by atoms with Gasteiger partial charge in [0.1, 0.15) is 0 Å². The van der Waals surface area contributed by atoms with Crippen molar-refractivity contribution in [2.24, 2.45) is 0 Å². The lowest BCUT2D eigenvalue weighted by atomic mass is 9.82. The van der Waals surface area contributed by atoms with E-state index < -0.39 is 0 Å². The Morgan fingerprint density at radius 2 is 1.86 bits per heavy atom. The maximum Gasteiger partial charge on any atom is 0.261 e. The minimum atomic E-state index is 0.144. The summed E-state index contributed by atoms with van der Waals surface area (Å²) in [5, 5.41) is 5.55. The number of nitrogens with one attached hydrogen (secondary N) is 2. The molecule has 1 saturated heterocycles. The second kappa shape index (κ2) is 5.86. The first-order chi connectivity index (χ1) is 10.8. The first kappa shape index (κ1) is 14.0. The lowest BCUT2D eigenvalue weighted by molar-refractivity contribution is -0.127. The highest BCUT2D eigenvalue weighted by molar-refractivity contribution is 5.95. The van der Waals surface area contributed by atoms with Gasteiger partial charge in [-0.25, -0.2) is 5.01 Å². The van der Waals surface area contributed by atoms with Crippen molar-refractivity contribution in [3.05, 3.63) is 47.0 Å². The molecular weight excluding hydrogens is 274 g/mol. The normalized spacial score (nSPS) is 26.4. The van der Waals surface area contributed by atoms with Gasteiger partial charge >= 0.3 is 0 Å². The van der Waals surface area contributed by atoms with Gasteiger partial charge in [0.2, 0.25) is 0 Å². The summed E-state index contributed by atoms with van der Waals surface area (Å²) >= 11 is 0. The Bertz CT molecular complexity index is 592. The van der Waals surface area contributed by atoms with Crippen LogP contribution in [0, 0.1) is 0 Å². The molecule has 4 rings (SSSR count). The zero-order valence-corrected chi connectivity index (χ0v) is 12.8. The maximum atomic E-state index is 12.5. The Morgan fingerprint density at radius 3 is 2.59 bits per heavy atom. The highest BCUT2D eigenvalue weighted by atomic mass is 16.2. The molecule has 3 aliphatic rings. The topological polar surface area (TPSA) is 44.4 Å². The zero-order chi connectivity index (χ0) is 14.9. The van der Waals surface area contributed by atoms with Gasteiger partial charge in [-0.2, -0.15) is 0 Å². The third-order valence-electron chi connectivity index (χ3n) is 5.18. The molecule has 2 heterocycles. The molecule has 2 N–H and O–H groups in total. The fourth-order valence-corrected chi connectivity index (χ4v) is 3.86. The van der Waals surface area contributed by atoms with Crippen LogP contribution in [-0.2, 0) is 11.2 Å². The predicted molar refractivity (Wildman–Crippen MR) is 86.1 cm³/mol. The molecule has 22 heavy (non-hydrogen) atoms. The van der Waals surface area contributed by atoms with Gasteiger partial charge in [-0.05, 0) is 43.2 Å². The van der Waals surface area contributed by atoms with Crippen LogP contribution in [0.5, 0.6) is 0 Å². The smallest absolute Gasteiger partial charge is 0.261 e. The highest BCUT2D eigenvalue weighted by Gasteiger charge is 2.39. The van der Waals surface area contributed by atoms with Crippen molar-refractivity contribution >= 4 is 5.91 Å². The number of hydrazine groups is 1. The van der Waals surface area contributed by atoms with E-state index >= 15 is 0 Å². The standard InChI is InChI=1S/C18H23N3O/c22-18-16-9-5-4-8-15(16)17(10-13-6-2-1-3-7-13)21(20-18)14-11-19-12-14/h1-3,6-7,14,17,19H,4-5,8-12H2,(H,20,22). The molecule has 0 bridgehead atoms. The number of hydrogen-bond acceptors (Lipinski definition) is 3. The lowest BCUT2D eigenvalue weighted by Gasteiger charge is -2.47. The number of carbonyl (C=O) groups is 1. The second-order valence-electron chi connectivity index (χ2n) is 6.58. The first-order valence-electron chi connectivity index (χ1n) is 8.39. The fraction of sp³-hybridized carbons (Fsp3) is 0.500. The van der Waals surface area contributed by atoms with Gasteiger partial charge in [-0.15, -0.1) is 0 Å². The molecule has 4 heteroatoms. The minimum Gasteiger partial charge on any atom is -0.313 e. The minimum absolute atomic E-state index is 0.144. The van der Waals surface area contributed by atoms with E-state index in [9.17, 15) is 4.79 Å². The van der Waals surface area contributed by atoms with E-state index in [1.54, 1.807) is 0 Å². The Labute approximate surface area is 131 Å². The van der Waals surface area contributed by atoms with Gasteiger partial charge in [0.05, 0.1) is 12.1 Å². The van der Waals surface area contributed by atoms with Crippen LogP contribution in [0.25, 0.3) is 0 Å². The molecule has 1 aromatic rings. The molecule has 0 saturated carbocycles. The Balaban J connectivity index is 1.67. The van der Waals surface area contributed by atoms with Gasteiger partial charge in [-0.1, -0.05) is 30.3 Å². The Kier molecular flexibility index (Phi) is 3.72. The summed E-state index contributed by atoms with van der Waals surface area (Å²) in [4.78, 5) is 12.5. The highest BCUT2D eigenvalue weighted by Crippen LogP contribution is 2.34. The van der Waals surface area contributed by atoms with Crippen LogP contribution in [0.1, 0.15) is 31.2 Å². The molecule has 0 spiro atoms. The van der Waals surface area contributed by atoms with Crippen molar-refractivity contribution in [3.8, 4) is 0 Å². The van der Waals surface area contributed by atoms with Crippen LogP contribution in [0.4, 0.5) is 0 Å². The van der Waals surface area contributed by atoms with Crippen molar-refractivity contribution in [1.29, 1.82) is 0 Å². The quantitative estimate of drug-likeness (QED) is 0.894. The van der Waals surface area contributed by atoms with E-state index in [1.165, 1.54) is 17.6 Å². The SMILES string of the molecule is O=C1NN(C2CNC2)C(Cc2ccccc2)C2=C1CCCC2. The average Bonchev–Trinajstić information content (AvgIpc) is 2.50. The Morgan fingerprint density at radius 1 is 1.09 bits per heavy atom. The molecule has 2 aliphatic heterocycles. The molecule has 4 nitrogen and oxygen atoms in total. The first-order valence-corrected chi connectivity index (χ1v) is 8.39. The molecule has 1 aromatic carbocycles. The number of carbonyl (C=O) groups excluding carboxylic acids is 1. The Hall–Kier alpha value is -1.65. The van der Waals surface area contributed by atoms with Crippen molar-refractivity contribution in [2.45, 2.75) is 44.2 Å². The molecule has 1 aliphatic carbocycles. The van der Waals surface area contributed by atoms with E-state index in [1.807, 2.05) is 0 Å². The van der Waals surface area contributed by atoms with Crippen LogP contribution in [0.15, 0.2) is 41.5 Å². The van der Waals surface area contributed by atoms with E-state index in [0.29, 0.717) is 12.1 Å².